The lowest BCUT2D eigenvalue weighted by molar-refractivity contribution is -0.121. The third-order valence-electron chi connectivity index (χ3n) is 2.29. The normalized spacial score (nSPS) is 11.6. The van der Waals surface area contributed by atoms with Crippen LogP contribution in [0.4, 0.5) is 0 Å². The highest BCUT2D eigenvalue weighted by Gasteiger charge is 2.03. The molecule has 1 aromatic rings. The zero-order valence-corrected chi connectivity index (χ0v) is 12.5. The second-order valence-corrected chi connectivity index (χ2v) is 6.26. The minimum absolute atomic E-state index is 0.00609. The van der Waals surface area contributed by atoms with E-state index in [9.17, 15) is 4.79 Å². The van der Waals surface area contributed by atoms with Crippen molar-refractivity contribution in [3.8, 4) is 0 Å². The number of unbranched alkanes of at least 4 members (excludes halogenated alkanes) is 2. The molecule has 0 unspecified atom stereocenters. The van der Waals surface area contributed by atoms with Crippen LogP contribution in [-0.2, 0) is 4.79 Å². The van der Waals surface area contributed by atoms with Crippen LogP contribution in [0.15, 0.2) is 21.0 Å². The van der Waals surface area contributed by atoms with Gasteiger partial charge in [-0.2, -0.15) is 5.10 Å². The fourth-order valence-electron chi connectivity index (χ4n) is 1.30. The van der Waals surface area contributed by atoms with Crippen LogP contribution in [0.2, 0.25) is 0 Å². The van der Waals surface area contributed by atoms with Gasteiger partial charge in [-0.25, -0.2) is 5.43 Å². The molecular formula is C12H17BrN2OS. The summed E-state index contributed by atoms with van der Waals surface area (Å²) in [5.41, 5.74) is 3.43. The van der Waals surface area contributed by atoms with Crippen molar-refractivity contribution in [3.63, 3.8) is 0 Å². The predicted octanol–water partition coefficient (Wildman–Crippen LogP) is 3.93. The molecule has 0 aliphatic heterocycles. The number of hydrogen-bond donors (Lipinski definition) is 1. The molecule has 0 bridgehead atoms. The summed E-state index contributed by atoms with van der Waals surface area (Å²) in [6, 6.07) is 3.96. The lowest BCUT2D eigenvalue weighted by atomic mass is 10.2. The maximum atomic E-state index is 11.4. The van der Waals surface area contributed by atoms with Crippen LogP contribution in [0, 0.1) is 0 Å². The number of rotatable bonds is 6. The summed E-state index contributed by atoms with van der Waals surface area (Å²) >= 11 is 5.00. The molecule has 0 aliphatic carbocycles. The van der Waals surface area contributed by atoms with Gasteiger partial charge in [0.2, 0.25) is 5.91 Å². The average Bonchev–Trinajstić information content (AvgIpc) is 2.73. The molecule has 0 saturated carbocycles. The molecule has 1 heterocycles. The van der Waals surface area contributed by atoms with Crippen LogP contribution >= 0.6 is 27.3 Å². The van der Waals surface area contributed by atoms with E-state index in [1.807, 2.05) is 19.1 Å². The molecule has 0 saturated heterocycles. The Morgan fingerprint density at radius 3 is 2.82 bits per heavy atom. The third kappa shape index (κ3) is 5.46. The van der Waals surface area contributed by atoms with Gasteiger partial charge in [0.1, 0.15) is 0 Å². The summed E-state index contributed by atoms with van der Waals surface area (Å²) in [6.45, 7) is 4.01. The van der Waals surface area contributed by atoms with Crippen molar-refractivity contribution in [1.82, 2.24) is 5.43 Å². The van der Waals surface area contributed by atoms with Gasteiger partial charge in [0, 0.05) is 6.42 Å². The molecule has 0 aromatic carbocycles. The first-order valence-corrected chi connectivity index (χ1v) is 7.33. The lowest BCUT2D eigenvalue weighted by Gasteiger charge is -2.00. The van der Waals surface area contributed by atoms with Gasteiger partial charge in [-0.15, -0.1) is 11.3 Å². The Morgan fingerprint density at radius 2 is 2.24 bits per heavy atom. The quantitative estimate of drug-likeness (QED) is 0.482. The molecule has 0 aliphatic rings. The van der Waals surface area contributed by atoms with Crippen molar-refractivity contribution >= 4 is 38.9 Å². The van der Waals surface area contributed by atoms with Crippen molar-refractivity contribution < 1.29 is 4.79 Å². The molecule has 3 nitrogen and oxygen atoms in total. The standard InChI is InChI=1S/C12H17BrN2OS/c1-3-4-5-6-12(16)15-14-9(2)10-7-8-11(13)17-10/h7-8H,3-6H2,1-2H3,(H,15,16)/b14-9+. The molecule has 0 atom stereocenters. The lowest BCUT2D eigenvalue weighted by Crippen LogP contribution is -2.18. The minimum atomic E-state index is -0.00609. The summed E-state index contributed by atoms with van der Waals surface area (Å²) in [4.78, 5) is 12.5. The van der Waals surface area contributed by atoms with E-state index in [1.165, 1.54) is 0 Å². The fraction of sp³-hybridized carbons (Fsp3) is 0.500. The minimum Gasteiger partial charge on any atom is -0.273 e. The highest BCUT2D eigenvalue weighted by Crippen LogP contribution is 2.22. The first kappa shape index (κ1) is 14.4. The molecule has 94 valence electrons. The summed E-state index contributed by atoms with van der Waals surface area (Å²) < 4.78 is 1.07. The van der Waals surface area contributed by atoms with Gasteiger partial charge in [-0.3, -0.25) is 4.79 Å². The summed E-state index contributed by atoms with van der Waals surface area (Å²) in [7, 11) is 0. The molecule has 1 N–H and O–H groups in total. The first-order valence-electron chi connectivity index (χ1n) is 5.72. The van der Waals surface area contributed by atoms with Gasteiger partial charge in [0.25, 0.3) is 0 Å². The predicted molar refractivity (Wildman–Crippen MR) is 76.5 cm³/mol. The van der Waals surface area contributed by atoms with Crippen LogP contribution in [0.5, 0.6) is 0 Å². The largest absolute Gasteiger partial charge is 0.273 e. The van der Waals surface area contributed by atoms with Crippen LogP contribution in [0.1, 0.15) is 44.4 Å². The maximum Gasteiger partial charge on any atom is 0.240 e. The van der Waals surface area contributed by atoms with E-state index in [1.54, 1.807) is 11.3 Å². The van der Waals surface area contributed by atoms with E-state index in [4.69, 9.17) is 0 Å². The zero-order chi connectivity index (χ0) is 12.7. The van der Waals surface area contributed by atoms with Crippen LogP contribution < -0.4 is 5.43 Å². The van der Waals surface area contributed by atoms with Gasteiger partial charge in [0.15, 0.2) is 0 Å². The van der Waals surface area contributed by atoms with Crippen molar-refractivity contribution in [3.05, 3.63) is 20.8 Å². The van der Waals surface area contributed by atoms with Gasteiger partial charge < -0.3 is 0 Å². The van der Waals surface area contributed by atoms with Crippen molar-refractivity contribution in [2.24, 2.45) is 5.10 Å². The number of nitrogens with one attached hydrogen (secondary N) is 1. The Balaban J connectivity index is 2.40. The van der Waals surface area contributed by atoms with Gasteiger partial charge in [0.05, 0.1) is 14.4 Å². The summed E-state index contributed by atoms with van der Waals surface area (Å²) in [6.07, 6.45) is 3.70. The van der Waals surface area contributed by atoms with E-state index in [-0.39, 0.29) is 5.91 Å². The van der Waals surface area contributed by atoms with Crippen molar-refractivity contribution in [2.75, 3.05) is 0 Å². The molecule has 0 spiro atoms. The molecule has 1 aromatic heterocycles. The highest BCUT2D eigenvalue weighted by atomic mass is 79.9. The topological polar surface area (TPSA) is 41.5 Å². The Morgan fingerprint density at radius 1 is 1.47 bits per heavy atom. The monoisotopic (exact) mass is 316 g/mol. The van der Waals surface area contributed by atoms with Crippen LogP contribution in [-0.4, -0.2) is 11.6 Å². The molecule has 1 amide bonds. The number of hydrazone groups is 1. The number of thiophene rings is 1. The van der Waals surface area contributed by atoms with Crippen molar-refractivity contribution in [2.45, 2.75) is 39.5 Å². The van der Waals surface area contributed by atoms with E-state index in [2.05, 4.69) is 33.4 Å². The second kappa shape index (κ2) is 7.61. The van der Waals surface area contributed by atoms with E-state index in [0.29, 0.717) is 6.42 Å². The first-order chi connectivity index (χ1) is 8.13. The molecule has 0 radical (unpaired) electrons. The van der Waals surface area contributed by atoms with Gasteiger partial charge in [-0.05, 0) is 41.4 Å². The number of amides is 1. The Labute approximate surface area is 114 Å². The van der Waals surface area contributed by atoms with Crippen LogP contribution in [0.3, 0.4) is 0 Å². The van der Waals surface area contributed by atoms with E-state index in [0.717, 1.165) is 33.6 Å². The molecule has 5 heteroatoms. The fourth-order valence-corrected chi connectivity index (χ4v) is 2.63. The SMILES string of the molecule is CCCCCC(=O)N/N=C(\C)c1ccc(Br)s1. The third-order valence-corrected chi connectivity index (χ3v) is 4.02. The Hall–Kier alpha value is -0.680. The maximum absolute atomic E-state index is 11.4. The highest BCUT2D eigenvalue weighted by molar-refractivity contribution is 9.11. The Bertz CT molecular complexity index is 401. The summed E-state index contributed by atoms with van der Waals surface area (Å²) in [5.74, 6) is -0.00609. The van der Waals surface area contributed by atoms with Gasteiger partial charge in [-0.1, -0.05) is 19.8 Å². The molecule has 0 fully saturated rings. The summed E-state index contributed by atoms with van der Waals surface area (Å²) in [5, 5.41) is 4.09. The van der Waals surface area contributed by atoms with E-state index < -0.39 is 0 Å². The average molecular weight is 317 g/mol. The number of hydrogen-bond acceptors (Lipinski definition) is 3. The smallest absolute Gasteiger partial charge is 0.240 e. The van der Waals surface area contributed by atoms with Crippen molar-refractivity contribution in [1.29, 1.82) is 0 Å². The molecule has 1 rings (SSSR count). The second-order valence-electron chi connectivity index (χ2n) is 3.79. The number of carbonyl (C=O) groups is 1. The molecule has 17 heavy (non-hydrogen) atoms. The number of halogens is 1. The zero-order valence-electron chi connectivity index (χ0n) is 10.1. The van der Waals surface area contributed by atoms with Gasteiger partial charge >= 0.3 is 0 Å². The van der Waals surface area contributed by atoms with E-state index >= 15 is 0 Å². The molecular weight excluding hydrogens is 300 g/mol. The Kier molecular flexibility index (Phi) is 6.44. The van der Waals surface area contributed by atoms with Crippen LogP contribution in [0.25, 0.3) is 0 Å². The number of nitrogens with zero attached hydrogens (tertiary/aromatic N) is 1. The number of carbonyl (C=O) groups excluding carboxylic acids is 1.